The van der Waals surface area contributed by atoms with Crippen LogP contribution in [0.5, 0.6) is 0 Å². The van der Waals surface area contributed by atoms with Crippen molar-refractivity contribution in [3.8, 4) is 0 Å². The molecule has 0 aliphatic heterocycles. The summed E-state index contributed by atoms with van der Waals surface area (Å²) in [6.07, 6.45) is 2.82. The van der Waals surface area contributed by atoms with Gasteiger partial charge in [-0.25, -0.2) is 0 Å². The number of halogens is 1. The van der Waals surface area contributed by atoms with Crippen molar-refractivity contribution in [2.24, 2.45) is 18.9 Å². The molecular weight excluding hydrogens is 224 g/mol. The van der Waals surface area contributed by atoms with Crippen molar-refractivity contribution < 1.29 is 5.11 Å². The van der Waals surface area contributed by atoms with Crippen molar-refractivity contribution in [3.63, 3.8) is 0 Å². The van der Waals surface area contributed by atoms with Crippen LogP contribution in [0.3, 0.4) is 0 Å². The maximum atomic E-state index is 10.1. The molecule has 1 N–H and O–H groups in total. The molecule has 1 heterocycles. The van der Waals surface area contributed by atoms with Crippen LogP contribution in [0, 0.1) is 18.8 Å². The van der Waals surface area contributed by atoms with E-state index in [1.807, 2.05) is 14.0 Å². The fourth-order valence-corrected chi connectivity index (χ4v) is 2.46. The van der Waals surface area contributed by atoms with E-state index in [1.165, 1.54) is 12.8 Å². The van der Waals surface area contributed by atoms with Crippen LogP contribution in [0.2, 0.25) is 5.02 Å². The number of aliphatic hydroxyl groups is 1. The lowest BCUT2D eigenvalue weighted by Crippen LogP contribution is -2.23. The van der Waals surface area contributed by atoms with Crippen molar-refractivity contribution >= 4 is 11.6 Å². The fraction of sp³-hybridized carbons (Fsp3) is 0.750. The number of aryl methyl sites for hydroxylation is 2. The number of hydrogen-bond donors (Lipinski definition) is 1. The van der Waals surface area contributed by atoms with E-state index in [4.69, 9.17) is 11.6 Å². The van der Waals surface area contributed by atoms with Gasteiger partial charge in [0.25, 0.3) is 0 Å². The molecule has 2 rings (SSSR count). The maximum Gasteiger partial charge on any atom is 0.0847 e. The Morgan fingerprint density at radius 1 is 1.56 bits per heavy atom. The smallest absolute Gasteiger partial charge is 0.0847 e. The molecule has 1 aliphatic carbocycles. The summed E-state index contributed by atoms with van der Waals surface area (Å²) in [6, 6.07) is 0. The van der Waals surface area contributed by atoms with E-state index in [0.29, 0.717) is 23.3 Å². The zero-order valence-electron chi connectivity index (χ0n) is 10.1. The minimum absolute atomic E-state index is 0.306. The third-order valence-electron chi connectivity index (χ3n) is 3.64. The van der Waals surface area contributed by atoms with E-state index >= 15 is 0 Å². The number of nitrogens with zero attached hydrogens (tertiary/aromatic N) is 2. The Labute approximate surface area is 101 Å². The van der Waals surface area contributed by atoms with Crippen LogP contribution in [0.1, 0.15) is 31.2 Å². The fourth-order valence-electron chi connectivity index (χ4n) is 2.22. The van der Waals surface area contributed by atoms with Crippen LogP contribution in [0.25, 0.3) is 0 Å². The van der Waals surface area contributed by atoms with E-state index < -0.39 is 0 Å². The van der Waals surface area contributed by atoms with Gasteiger partial charge in [-0.1, -0.05) is 18.5 Å². The Morgan fingerprint density at radius 2 is 2.19 bits per heavy atom. The number of aromatic nitrogens is 2. The van der Waals surface area contributed by atoms with Crippen LogP contribution in [0.15, 0.2) is 0 Å². The first-order valence-electron chi connectivity index (χ1n) is 5.86. The predicted octanol–water partition coefficient (Wildman–Crippen LogP) is 2.33. The van der Waals surface area contributed by atoms with Gasteiger partial charge in [-0.05, 0) is 31.6 Å². The largest absolute Gasteiger partial charge is 0.392 e. The molecule has 90 valence electrons. The van der Waals surface area contributed by atoms with E-state index in [9.17, 15) is 5.11 Å². The highest BCUT2D eigenvalue weighted by molar-refractivity contribution is 6.31. The second kappa shape index (κ2) is 4.38. The van der Waals surface area contributed by atoms with Gasteiger partial charge in [-0.15, -0.1) is 0 Å². The molecule has 1 saturated carbocycles. The first-order chi connectivity index (χ1) is 7.50. The molecule has 16 heavy (non-hydrogen) atoms. The lowest BCUT2D eigenvalue weighted by Gasteiger charge is -2.18. The second-order valence-corrected chi connectivity index (χ2v) is 5.32. The van der Waals surface area contributed by atoms with Crippen LogP contribution in [-0.2, 0) is 13.5 Å². The maximum absolute atomic E-state index is 10.1. The molecular formula is C12H19ClN2O. The van der Waals surface area contributed by atoms with Crippen molar-refractivity contribution in [1.29, 1.82) is 0 Å². The van der Waals surface area contributed by atoms with Crippen LogP contribution >= 0.6 is 11.6 Å². The van der Waals surface area contributed by atoms with Gasteiger partial charge < -0.3 is 5.11 Å². The van der Waals surface area contributed by atoms with E-state index in [2.05, 4.69) is 12.0 Å². The summed E-state index contributed by atoms with van der Waals surface area (Å²) in [5.74, 6) is 1.08. The van der Waals surface area contributed by atoms with E-state index in [-0.39, 0.29) is 6.10 Å². The Morgan fingerprint density at radius 3 is 2.62 bits per heavy atom. The van der Waals surface area contributed by atoms with Crippen molar-refractivity contribution in [1.82, 2.24) is 9.78 Å². The third kappa shape index (κ3) is 2.25. The molecule has 1 aromatic heterocycles. The van der Waals surface area contributed by atoms with Crippen LogP contribution in [0.4, 0.5) is 0 Å². The molecule has 0 aromatic carbocycles. The molecule has 0 saturated heterocycles. The Kier molecular flexibility index (Phi) is 3.27. The zero-order chi connectivity index (χ0) is 11.9. The number of aliphatic hydroxyl groups excluding tert-OH is 1. The summed E-state index contributed by atoms with van der Waals surface area (Å²) in [7, 11) is 1.88. The molecule has 4 heteroatoms. The molecule has 0 radical (unpaired) electrons. The van der Waals surface area contributed by atoms with Crippen LogP contribution in [-0.4, -0.2) is 21.0 Å². The summed E-state index contributed by atoms with van der Waals surface area (Å²) in [4.78, 5) is 0. The van der Waals surface area contributed by atoms with E-state index in [1.54, 1.807) is 4.68 Å². The molecule has 3 nitrogen and oxygen atoms in total. The number of hydrogen-bond acceptors (Lipinski definition) is 2. The van der Waals surface area contributed by atoms with Gasteiger partial charge in [0.2, 0.25) is 0 Å². The summed E-state index contributed by atoms with van der Waals surface area (Å²) >= 11 is 6.16. The first kappa shape index (κ1) is 11.9. The first-order valence-corrected chi connectivity index (χ1v) is 6.24. The minimum Gasteiger partial charge on any atom is -0.392 e. The molecule has 2 unspecified atom stereocenters. The SMILES string of the molecule is Cc1nn(C)c(CC(O)C(C)C2CC2)c1Cl. The monoisotopic (exact) mass is 242 g/mol. The summed E-state index contributed by atoms with van der Waals surface area (Å²) in [6.45, 7) is 4.02. The van der Waals surface area contributed by atoms with Crippen molar-refractivity contribution in [3.05, 3.63) is 16.4 Å². The lowest BCUT2D eigenvalue weighted by molar-refractivity contribution is 0.103. The average molecular weight is 243 g/mol. The second-order valence-electron chi connectivity index (χ2n) is 4.94. The van der Waals surface area contributed by atoms with Gasteiger partial charge in [-0.3, -0.25) is 4.68 Å². The summed E-state index contributed by atoms with van der Waals surface area (Å²) in [5.41, 5.74) is 1.78. The molecule has 0 bridgehead atoms. The van der Waals surface area contributed by atoms with Crippen LogP contribution < -0.4 is 0 Å². The number of rotatable bonds is 4. The van der Waals surface area contributed by atoms with Crippen molar-refractivity contribution in [2.75, 3.05) is 0 Å². The normalized spacial score (nSPS) is 19.8. The average Bonchev–Trinajstić information content (AvgIpc) is 3.03. The lowest BCUT2D eigenvalue weighted by atomic mass is 9.95. The molecule has 1 aromatic rings. The Bertz CT molecular complexity index is 385. The van der Waals surface area contributed by atoms with Gasteiger partial charge in [0, 0.05) is 13.5 Å². The summed E-state index contributed by atoms with van der Waals surface area (Å²) in [5, 5.41) is 15.1. The Balaban J connectivity index is 2.07. The third-order valence-corrected chi connectivity index (χ3v) is 4.13. The van der Waals surface area contributed by atoms with Gasteiger partial charge in [0.15, 0.2) is 0 Å². The molecule has 0 spiro atoms. The zero-order valence-corrected chi connectivity index (χ0v) is 10.8. The van der Waals surface area contributed by atoms with E-state index in [0.717, 1.165) is 11.4 Å². The highest BCUT2D eigenvalue weighted by Crippen LogP contribution is 2.39. The van der Waals surface area contributed by atoms with Gasteiger partial charge >= 0.3 is 0 Å². The predicted molar refractivity (Wildman–Crippen MR) is 64.6 cm³/mol. The van der Waals surface area contributed by atoms with Gasteiger partial charge in [0.1, 0.15) is 0 Å². The topological polar surface area (TPSA) is 38.0 Å². The molecule has 0 amide bonds. The highest BCUT2D eigenvalue weighted by Gasteiger charge is 2.33. The quantitative estimate of drug-likeness (QED) is 0.880. The highest BCUT2D eigenvalue weighted by atomic mass is 35.5. The van der Waals surface area contributed by atoms with Crippen molar-refractivity contribution in [2.45, 2.75) is 39.2 Å². The standard InChI is InChI=1S/C12H19ClN2O/c1-7(9-4-5-9)11(16)6-10-12(13)8(2)14-15(10)3/h7,9,11,16H,4-6H2,1-3H3. The molecule has 2 atom stereocenters. The minimum atomic E-state index is -0.306. The van der Waals surface area contributed by atoms with Gasteiger partial charge in [-0.2, -0.15) is 5.10 Å². The molecule has 1 fully saturated rings. The van der Waals surface area contributed by atoms with Gasteiger partial charge in [0.05, 0.1) is 22.5 Å². The summed E-state index contributed by atoms with van der Waals surface area (Å²) < 4.78 is 1.78. The Hall–Kier alpha value is -0.540. The molecule has 1 aliphatic rings.